The Morgan fingerprint density at radius 3 is 2.33 bits per heavy atom. The molecule has 0 bridgehead atoms. The Balaban J connectivity index is 1.98. The van der Waals surface area contributed by atoms with Gasteiger partial charge in [0.15, 0.2) is 0 Å². The van der Waals surface area contributed by atoms with Crippen molar-refractivity contribution in [3.63, 3.8) is 0 Å². The molecule has 1 aliphatic carbocycles. The molecule has 0 aromatic heterocycles. The standard InChI is InChI=1S/C11H12F2OS/c12-10(13)7-15-9-3-1-8(2-4-9)11(14)5-6-11/h1-4,10,14H,5-7H2. The van der Waals surface area contributed by atoms with E-state index in [9.17, 15) is 13.9 Å². The number of halogens is 2. The number of hydrogen-bond acceptors (Lipinski definition) is 2. The first-order valence-electron chi connectivity index (χ1n) is 4.84. The van der Waals surface area contributed by atoms with E-state index in [-0.39, 0.29) is 5.75 Å². The zero-order valence-electron chi connectivity index (χ0n) is 8.12. The minimum atomic E-state index is -2.28. The van der Waals surface area contributed by atoms with E-state index in [2.05, 4.69) is 0 Å². The van der Waals surface area contributed by atoms with Gasteiger partial charge in [0.2, 0.25) is 6.43 Å². The van der Waals surface area contributed by atoms with Crippen LogP contribution >= 0.6 is 11.8 Å². The van der Waals surface area contributed by atoms with E-state index in [0.29, 0.717) is 0 Å². The average molecular weight is 230 g/mol. The van der Waals surface area contributed by atoms with Crippen molar-refractivity contribution in [2.75, 3.05) is 5.75 Å². The van der Waals surface area contributed by atoms with Crippen LogP contribution in [0.5, 0.6) is 0 Å². The predicted molar refractivity (Wildman–Crippen MR) is 56.3 cm³/mol. The van der Waals surface area contributed by atoms with Gasteiger partial charge in [-0.25, -0.2) is 8.78 Å². The molecule has 1 fully saturated rings. The highest BCUT2D eigenvalue weighted by atomic mass is 32.2. The predicted octanol–water partition coefficient (Wildman–Crippen LogP) is 3.03. The second-order valence-electron chi connectivity index (χ2n) is 3.76. The maximum atomic E-state index is 11.9. The number of rotatable bonds is 4. The second kappa shape index (κ2) is 4.10. The van der Waals surface area contributed by atoms with Crippen LogP contribution in [0.2, 0.25) is 0 Å². The van der Waals surface area contributed by atoms with E-state index in [4.69, 9.17) is 0 Å². The van der Waals surface area contributed by atoms with Gasteiger partial charge in [-0.15, -0.1) is 11.8 Å². The van der Waals surface area contributed by atoms with Gasteiger partial charge in [-0.05, 0) is 30.5 Å². The molecule has 1 N–H and O–H groups in total. The van der Waals surface area contributed by atoms with Gasteiger partial charge in [-0.2, -0.15) is 0 Å². The fourth-order valence-corrected chi connectivity index (χ4v) is 2.07. The van der Waals surface area contributed by atoms with Crippen LogP contribution in [0.25, 0.3) is 0 Å². The van der Waals surface area contributed by atoms with E-state index >= 15 is 0 Å². The van der Waals surface area contributed by atoms with E-state index < -0.39 is 12.0 Å². The third kappa shape index (κ3) is 2.69. The first-order valence-corrected chi connectivity index (χ1v) is 5.83. The maximum Gasteiger partial charge on any atom is 0.247 e. The molecule has 4 heteroatoms. The van der Waals surface area contributed by atoms with Crippen molar-refractivity contribution in [1.29, 1.82) is 0 Å². The van der Waals surface area contributed by atoms with Crippen LogP contribution in [-0.4, -0.2) is 17.3 Å². The van der Waals surface area contributed by atoms with E-state index in [1.807, 2.05) is 12.1 Å². The van der Waals surface area contributed by atoms with E-state index in [1.165, 1.54) is 0 Å². The molecule has 0 atom stereocenters. The van der Waals surface area contributed by atoms with Crippen molar-refractivity contribution in [1.82, 2.24) is 0 Å². The Morgan fingerprint density at radius 2 is 1.87 bits per heavy atom. The highest BCUT2D eigenvalue weighted by Gasteiger charge is 2.41. The summed E-state index contributed by atoms with van der Waals surface area (Å²) in [4.78, 5) is 0.823. The first kappa shape index (κ1) is 10.9. The lowest BCUT2D eigenvalue weighted by atomic mass is 10.1. The highest BCUT2D eigenvalue weighted by molar-refractivity contribution is 7.99. The van der Waals surface area contributed by atoms with Crippen molar-refractivity contribution >= 4 is 11.8 Å². The largest absolute Gasteiger partial charge is 0.385 e. The maximum absolute atomic E-state index is 11.9. The molecule has 1 nitrogen and oxygen atoms in total. The second-order valence-corrected chi connectivity index (χ2v) is 4.85. The van der Waals surface area contributed by atoms with Crippen LogP contribution < -0.4 is 0 Å². The summed E-state index contributed by atoms with van der Waals surface area (Å²) in [6.07, 6.45) is -0.671. The average Bonchev–Trinajstić information content (AvgIpc) is 2.96. The molecular weight excluding hydrogens is 218 g/mol. The molecule has 0 heterocycles. The molecule has 0 aliphatic heterocycles. The van der Waals surface area contributed by atoms with Crippen LogP contribution in [0.1, 0.15) is 18.4 Å². The van der Waals surface area contributed by atoms with Gasteiger partial charge in [0.05, 0.1) is 11.4 Å². The monoisotopic (exact) mass is 230 g/mol. The smallest absolute Gasteiger partial charge is 0.247 e. The zero-order valence-corrected chi connectivity index (χ0v) is 8.94. The summed E-state index contributed by atoms with van der Waals surface area (Å²) < 4.78 is 23.9. The third-order valence-electron chi connectivity index (χ3n) is 2.49. The molecule has 0 radical (unpaired) electrons. The van der Waals surface area contributed by atoms with Crippen LogP contribution in [-0.2, 0) is 5.60 Å². The van der Waals surface area contributed by atoms with Gasteiger partial charge in [-0.1, -0.05) is 12.1 Å². The Bertz CT molecular complexity index is 333. The van der Waals surface area contributed by atoms with Crippen LogP contribution in [0.3, 0.4) is 0 Å². The highest BCUT2D eigenvalue weighted by Crippen LogP contribution is 2.45. The summed E-state index contributed by atoms with van der Waals surface area (Å²) in [5, 5.41) is 9.78. The van der Waals surface area contributed by atoms with Gasteiger partial charge in [0, 0.05) is 4.90 Å². The number of hydrogen-bond donors (Lipinski definition) is 1. The third-order valence-corrected chi connectivity index (χ3v) is 3.52. The van der Waals surface area contributed by atoms with Crippen LogP contribution in [0.15, 0.2) is 29.2 Å². The number of benzene rings is 1. The molecule has 2 rings (SSSR count). The van der Waals surface area contributed by atoms with Crippen molar-refractivity contribution in [2.45, 2.75) is 29.8 Å². The van der Waals surface area contributed by atoms with Gasteiger partial charge in [0.1, 0.15) is 0 Å². The van der Waals surface area contributed by atoms with Gasteiger partial charge >= 0.3 is 0 Å². The quantitative estimate of drug-likeness (QED) is 0.802. The lowest BCUT2D eigenvalue weighted by Crippen LogP contribution is -2.03. The Labute approximate surface area is 91.5 Å². The van der Waals surface area contributed by atoms with Gasteiger partial charge in [-0.3, -0.25) is 0 Å². The summed E-state index contributed by atoms with van der Waals surface area (Å²) in [6, 6.07) is 7.22. The number of aliphatic hydroxyl groups is 1. The summed E-state index contributed by atoms with van der Waals surface area (Å²) in [5.74, 6) is -0.177. The molecule has 82 valence electrons. The fourth-order valence-electron chi connectivity index (χ4n) is 1.43. The Morgan fingerprint density at radius 1 is 1.27 bits per heavy atom. The first-order chi connectivity index (χ1) is 7.10. The van der Waals surface area contributed by atoms with Crippen molar-refractivity contribution in [3.8, 4) is 0 Å². The SMILES string of the molecule is OC1(c2ccc(SCC(F)F)cc2)CC1. The van der Waals surface area contributed by atoms with Crippen LogP contribution in [0.4, 0.5) is 8.78 Å². The number of thioether (sulfide) groups is 1. The molecule has 15 heavy (non-hydrogen) atoms. The Hall–Kier alpha value is -0.610. The normalized spacial score (nSPS) is 18.1. The lowest BCUT2D eigenvalue weighted by Gasteiger charge is -2.08. The summed E-state index contributed by atoms with van der Waals surface area (Å²) >= 11 is 1.14. The molecule has 1 aromatic carbocycles. The van der Waals surface area contributed by atoms with Crippen molar-refractivity contribution in [3.05, 3.63) is 29.8 Å². The Kier molecular flexibility index (Phi) is 2.98. The van der Waals surface area contributed by atoms with E-state index in [1.54, 1.807) is 12.1 Å². The topological polar surface area (TPSA) is 20.2 Å². The minimum Gasteiger partial charge on any atom is -0.385 e. The molecule has 0 amide bonds. The fraction of sp³-hybridized carbons (Fsp3) is 0.455. The molecule has 1 aromatic rings. The molecule has 0 spiro atoms. The molecule has 1 aliphatic rings. The summed E-state index contributed by atoms with van der Waals surface area (Å²) in [7, 11) is 0. The zero-order chi connectivity index (χ0) is 10.9. The molecule has 1 saturated carbocycles. The summed E-state index contributed by atoms with van der Waals surface area (Å²) in [6.45, 7) is 0. The summed E-state index contributed by atoms with van der Waals surface area (Å²) in [5.41, 5.74) is 0.259. The molecular formula is C11H12F2OS. The van der Waals surface area contributed by atoms with E-state index in [0.717, 1.165) is 35.1 Å². The van der Waals surface area contributed by atoms with Gasteiger partial charge < -0.3 is 5.11 Å². The van der Waals surface area contributed by atoms with Gasteiger partial charge in [0.25, 0.3) is 0 Å². The van der Waals surface area contributed by atoms with Crippen molar-refractivity contribution in [2.24, 2.45) is 0 Å². The minimum absolute atomic E-state index is 0.177. The number of alkyl halides is 2. The molecule has 0 unspecified atom stereocenters. The van der Waals surface area contributed by atoms with Crippen LogP contribution in [0, 0.1) is 0 Å². The van der Waals surface area contributed by atoms with Crippen molar-refractivity contribution < 1.29 is 13.9 Å². The molecule has 0 saturated heterocycles. The lowest BCUT2D eigenvalue weighted by molar-refractivity contribution is 0.151.